The molecule has 1 aliphatic heterocycles. The lowest BCUT2D eigenvalue weighted by molar-refractivity contribution is -0.861. The van der Waals surface area contributed by atoms with Crippen molar-refractivity contribution in [3.05, 3.63) is 42.4 Å². The van der Waals surface area contributed by atoms with Gasteiger partial charge in [0.05, 0.1) is 13.1 Å². The van der Waals surface area contributed by atoms with Crippen molar-refractivity contribution in [2.75, 3.05) is 13.1 Å². The van der Waals surface area contributed by atoms with Gasteiger partial charge in [0.2, 0.25) is 0 Å². The molecule has 1 fully saturated rings. The minimum absolute atomic E-state index is 0.526. The molecule has 15 heavy (non-hydrogen) atoms. The summed E-state index contributed by atoms with van der Waals surface area (Å²) in [7, 11) is 4.12. The molecule has 1 heteroatoms. The van der Waals surface area contributed by atoms with Crippen molar-refractivity contribution in [3.63, 3.8) is 0 Å². The van der Waals surface area contributed by atoms with Gasteiger partial charge in [0, 0.05) is 18.3 Å². The highest BCUT2D eigenvalue weighted by atomic mass is 15.1. The molecule has 1 saturated heterocycles. The third-order valence-corrected chi connectivity index (χ3v) is 4.38. The van der Waals surface area contributed by atoms with Crippen LogP contribution in [0.1, 0.15) is 30.4 Å². The van der Waals surface area contributed by atoms with E-state index in [0.717, 1.165) is 0 Å². The summed E-state index contributed by atoms with van der Waals surface area (Å²) >= 11 is 0. The van der Waals surface area contributed by atoms with Gasteiger partial charge in [-0.05, 0) is 24.0 Å². The van der Waals surface area contributed by atoms with Crippen molar-refractivity contribution in [1.82, 2.24) is 0 Å². The van der Waals surface area contributed by atoms with Gasteiger partial charge < -0.3 is 4.90 Å². The van der Waals surface area contributed by atoms with Gasteiger partial charge in [0.25, 0.3) is 0 Å². The van der Waals surface area contributed by atoms with E-state index in [1.54, 1.807) is 11.1 Å². The van der Waals surface area contributed by atoms with Crippen molar-refractivity contribution >= 4 is 0 Å². The Morgan fingerprint density at radius 3 is 2.60 bits per heavy atom. The number of rotatable bonds is 0. The molecule has 1 spiro atoms. The smallest absolute Gasteiger partial charge is 0.0538 e. The standard InChI is InChI=1S/C14H19N/c1-15-10-8-14(9-11-15)7-6-12-4-2-3-5-13(12)14/h2-5,15H,1,6-11H2. The SMILES string of the molecule is [CH2-][NH+]1CCC2(CCc3ccccc32)CC1. The van der Waals surface area contributed by atoms with Crippen molar-refractivity contribution in [1.29, 1.82) is 0 Å². The van der Waals surface area contributed by atoms with Crippen LogP contribution in [0.25, 0.3) is 0 Å². The average molecular weight is 201 g/mol. The number of benzene rings is 1. The fraction of sp³-hybridized carbons (Fsp3) is 0.500. The van der Waals surface area contributed by atoms with Crippen LogP contribution < -0.4 is 4.90 Å². The molecule has 0 unspecified atom stereocenters. The zero-order chi connectivity index (χ0) is 10.3. The molecule has 0 radical (unpaired) electrons. The summed E-state index contributed by atoms with van der Waals surface area (Å²) < 4.78 is 0. The normalized spacial score (nSPS) is 34.3. The van der Waals surface area contributed by atoms with Crippen LogP contribution in [-0.4, -0.2) is 13.1 Å². The molecule has 2 aliphatic rings. The third kappa shape index (κ3) is 1.41. The van der Waals surface area contributed by atoms with E-state index in [9.17, 15) is 0 Å². The summed E-state index contributed by atoms with van der Waals surface area (Å²) in [6.45, 7) is 2.49. The molecule has 1 aliphatic carbocycles. The fourth-order valence-corrected chi connectivity index (χ4v) is 3.37. The lowest BCUT2D eigenvalue weighted by Gasteiger charge is -2.39. The minimum Gasteiger partial charge on any atom is -0.468 e. The summed E-state index contributed by atoms with van der Waals surface area (Å²) in [5, 5.41) is 0. The maximum atomic E-state index is 4.12. The van der Waals surface area contributed by atoms with E-state index in [2.05, 4.69) is 31.3 Å². The number of nitrogens with one attached hydrogen (secondary N) is 1. The van der Waals surface area contributed by atoms with Crippen LogP contribution in [0, 0.1) is 7.05 Å². The van der Waals surface area contributed by atoms with Crippen LogP contribution in [0.2, 0.25) is 0 Å². The molecule has 80 valence electrons. The van der Waals surface area contributed by atoms with Crippen molar-refractivity contribution < 1.29 is 4.90 Å². The second-order valence-corrected chi connectivity index (χ2v) is 5.19. The maximum absolute atomic E-state index is 4.12. The van der Waals surface area contributed by atoms with E-state index < -0.39 is 0 Å². The Labute approximate surface area is 92.1 Å². The quantitative estimate of drug-likeness (QED) is 0.604. The first-order valence-corrected chi connectivity index (χ1v) is 6.05. The summed E-state index contributed by atoms with van der Waals surface area (Å²) in [6, 6.07) is 9.05. The van der Waals surface area contributed by atoms with Gasteiger partial charge in [0.15, 0.2) is 0 Å². The van der Waals surface area contributed by atoms with E-state index >= 15 is 0 Å². The van der Waals surface area contributed by atoms with Crippen LogP contribution in [0.3, 0.4) is 0 Å². The minimum atomic E-state index is 0.526. The molecule has 1 N–H and O–H groups in total. The van der Waals surface area contributed by atoms with Gasteiger partial charge in [-0.25, -0.2) is 0 Å². The second-order valence-electron chi connectivity index (χ2n) is 5.19. The highest BCUT2D eigenvalue weighted by Gasteiger charge is 2.40. The lowest BCUT2D eigenvalue weighted by atomic mass is 9.74. The van der Waals surface area contributed by atoms with Crippen LogP contribution in [0.5, 0.6) is 0 Å². The summed E-state index contributed by atoms with van der Waals surface area (Å²) in [5.74, 6) is 0. The van der Waals surface area contributed by atoms with E-state index in [1.165, 1.54) is 43.7 Å². The van der Waals surface area contributed by atoms with Crippen molar-refractivity contribution in [3.8, 4) is 0 Å². The van der Waals surface area contributed by atoms with Crippen LogP contribution in [-0.2, 0) is 11.8 Å². The van der Waals surface area contributed by atoms with E-state index in [0.29, 0.717) is 5.41 Å². The zero-order valence-corrected chi connectivity index (χ0v) is 9.26. The molecule has 1 aromatic rings. The lowest BCUT2D eigenvalue weighted by Crippen LogP contribution is -3.08. The molecule has 0 bridgehead atoms. The topological polar surface area (TPSA) is 4.44 Å². The molecule has 0 amide bonds. The Hall–Kier alpha value is -0.820. The van der Waals surface area contributed by atoms with Gasteiger partial charge in [-0.2, -0.15) is 7.05 Å². The molecule has 0 aromatic heterocycles. The number of piperidine rings is 1. The van der Waals surface area contributed by atoms with Crippen molar-refractivity contribution in [2.45, 2.75) is 31.1 Å². The first-order valence-electron chi connectivity index (χ1n) is 6.05. The number of hydrogen-bond acceptors (Lipinski definition) is 0. The highest BCUT2D eigenvalue weighted by molar-refractivity contribution is 5.39. The van der Waals surface area contributed by atoms with Crippen molar-refractivity contribution in [2.24, 2.45) is 0 Å². The zero-order valence-electron chi connectivity index (χ0n) is 9.26. The van der Waals surface area contributed by atoms with E-state index in [-0.39, 0.29) is 0 Å². The third-order valence-electron chi connectivity index (χ3n) is 4.38. The summed E-state index contributed by atoms with van der Waals surface area (Å²) in [6.07, 6.45) is 5.34. The van der Waals surface area contributed by atoms with Crippen LogP contribution in [0.4, 0.5) is 0 Å². The summed E-state index contributed by atoms with van der Waals surface area (Å²) in [4.78, 5) is 1.46. The summed E-state index contributed by atoms with van der Waals surface area (Å²) in [5.41, 5.74) is 3.78. The fourth-order valence-electron chi connectivity index (χ4n) is 3.37. The molecule has 0 saturated carbocycles. The van der Waals surface area contributed by atoms with Gasteiger partial charge in [-0.1, -0.05) is 24.3 Å². The molecular formula is C14H19N. The maximum Gasteiger partial charge on any atom is 0.0538 e. The first kappa shape index (κ1) is 9.41. The molecule has 1 aromatic carbocycles. The number of fused-ring (bicyclic) bond motifs is 2. The molecular weight excluding hydrogens is 182 g/mol. The Morgan fingerprint density at radius 2 is 1.80 bits per heavy atom. The van der Waals surface area contributed by atoms with E-state index in [1.807, 2.05) is 0 Å². The number of quaternary nitrogens is 1. The average Bonchev–Trinajstić information content (AvgIpc) is 2.63. The van der Waals surface area contributed by atoms with Crippen LogP contribution in [0.15, 0.2) is 24.3 Å². The molecule has 1 heterocycles. The highest BCUT2D eigenvalue weighted by Crippen LogP contribution is 2.44. The largest absolute Gasteiger partial charge is 0.468 e. The number of likely N-dealkylation sites (tertiary alicyclic amines) is 1. The van der Waals surface area contributed by atoms with Gasteiger partial charge in [-0.3, -0.25) is 0 Å². The Kier molecular flexibility index (Phi) is 2.10. The van der Waals surface area contributed by atoms with E-state index in [4.69, 9.17) is 0 Å². The second kappa shape index (κ2) is 3.34. The number of hydrogen-bond donors (Lipinski definition) is 1. The predicted octanol–water partition coefficient (Wildman–Crippen LogP) is 1.34. The monoisotopic (exact) mass is 201 g/mol. The van der Waals surface area contributed by atoms with Gasteiger partial charge in [-0.15, -0.1) is 0 Å². The molecule has 1 nitrogen and oxygen atoms in total. The van der Waals surface area contributed by atoms with Gasteiger partial charge >= 0.3 is 0 Å². The Morgan fingerprint density at radius 1 is 1.07 bits per heavy atom. The van der Waals surface area contributed by atoms with Crippen LogP contribution >= 0.6 is 0 Å². The number of aryl methyl sites for hydroxylation is 1. The molecule has 0 atom stereocenters. The Balaban J connectivity index is 1.95. The Bertz CT molecular complexity index is 361. The molecule has 3 rings (SSSR count). The first-order chi connectivity index (χ1) is 7.30. The van der Waals surface area contributed by atoms with Gasteiger partial charge in [0.1, 0.15) is 0 Å². The predicted molar refractivity (Wildman–Crippen MR) is 61.7 cm³/mol.